The van der Waals surface area contributed by atoms with Gasteiger partial charge in [-0.2, -0.15) is 0 Å². The predicted molar refractivity (Wildman–Crippen MR) is 86.2 cm³/mol. The first-order valence-electron chi connectivity index (χ1n) is 6.90. The smallest absolute Gasteiger partial charge is 0.262 e. The molecule has 0 bridgehead atoms. The number of benzene rings is 1. The second-order valence-corrected chi connectivity index (χ2v) is 5.28. The average molecular weight is 293 g/mol. The van der Waals surface area contributed by atoms with Gasteiger partial charge in [-0.3, -0.25) is 9.59 Å². The number of carbonyl (C=O) groups excluding carboxylic acids is 1. The van der Waals surface area contributed by atoms with Crippen LogP contribution in [0.1, 0.15) is 21.5 Å². The summed E-state index contributed by atoms with van der Waals surface area (Å²) >= 11 is 0. The Morgan fingerprint density at radius 3 is 2.59 bits per heavy atom. The van der Waals surface area contributed by atoms with Gasteiger partial charge in [0.25, 0.3) is 11.5 Å². The maximum atomic E-state index is 12.3. The van der Waals surface area contributed by atoms with E-state index >= 15 is 0 Å². The zero-order valence-corrected chi connectivity index (χ0v) is 12.3. The van der Waals surface area contributed by atoms with Gasteiger partial charge in [0.1, 0.15) is 11.2 Å². The molecule has 2 heterocycles. The molecule has 0 aliphatic carbocycles. The van der Waals surface area contributed by atoms with Gasteiger partial charge in [-0.05, 0) is 55.3 Å². The van der Waals surface area contributed by atoms with Crippen LogP contribution in [-0.4, -0.2) is 15.9 Å². The quantitative estimate of drug-likeness (QED) is 0.763. The molecule has 2 N–H and O–H groups in total. The van der Waals surface area contributed by atoms with Crippen LogP contribution in [0.2, 0.25) is 0 Å². The van der Waals surface area contributed by atoms with E-state index in [9.17, 15) is 9.59 Å². The maximum Gasteiger partial charge on any atom is 0.262 e. The number of H-pyrrole nitrogens is 1. The molecule has 1 amide bonds. The average Bonchev–Trinajstić information content (AvgIpc) is 2.45. The summed E-state index contributed by atoms with van der Waals surface area (Å²) in [7, 11) is 0. The Morgan fingerprint density at radius 2 is 1.86 bits per heavy atom. The SMILES string of the molecule is Cc1cc(C)cc(NC(=O)c2cc3cccnc3[nH]c2=O)c1. The molecule has 110 valence electrons. The molecule has 0 fully saturated rings. The third kappa shape index (κ3) is 2.74. The van der Waals surface area contributed by atoms with E-state index in [2.05, 4.69) is 15.3 Å². The summed E-state index contributed by atoms with van der Waals surface area (Å²) in [5.74, 6) is -0.433. The van der Waals surface area contributed by atoms with Gasteiger partial charge in [0.15, 0.2) is 0 Å². The summed E-state index contributed by atoms with van der Waals surface area (Å²) in [6.45, 7) is 3.91. The summed E-state index contributed by atoms with van der Waals surface area (Å²) < 4.78 is 0. The van der Waals surface area contributed by atoms with Gasteiger partial charge >= 0.3 is 0 Å². The highest BCUT2D eigenvalue weighted by molar-refractivity contribution is 6.05. The monoisotopic (exact) mass is 293 g/mol. The zero-order valence-electron chi connectivity index (χ0n) is 12.3. The van der Waals surface area contributed by atoms with Crippen LogP contribution in [0.15, 0.2) is 47.4 Å². The molecule has 22 heavy (non-hydrogen) atoms. The van der Waals surface area contributed by atoms with E-state index < -0.39 is 11.5 Å². The molecule has 2 aromatic heterocycles. The molecule has 0 radical (unpaired) electrons. The molecule has 3 aromatic rings. The van der Waals surface area contributed by atoms with E-state index in [1.807, 2.05) is 32.0 Å². The maximum absolute atomic E-state index is 12.3. The number of anilines is 1. The minimum Gasteiger partial charge on any atom is -0.322 e. The summed E-state index contributed by atoms with van der Waals surface area (Å²) in [5.41, 5.74) is 2.86. The second kappa shape index (κ2) is 5.44. The van der Waals surface area contributed by atoms with Crippen molar-refractivity contribution in [1.82, 2.24) is 9.97 Å². The number of nitrogens with one attached hydrogen (secondary N) is 2. The molecule has 0 saturated heterocycles. The minimum absolute atomic E-state index is 0.0691. The number of rotatable bonds is 2. The van der Waals surface area contributed by atoms with E-state index in [-0.39, 0.29) is 5.56 Å². The molecular weight excluding hydrogens is 278 g/mol. The van der Waals surface area contributed by atoms with Gasteiger partial charge in [-0.25, -0.2) is 4.98 Å². The fraction of sp³-hybridized carbons (Fsp3) is 0.118. The van der Waals surface area contributed by atoms with Gasteiger partial charge in [0.2, 0.25) is 0 Å². The van der Waals surface area contributed by atoms with Crippen LogP contribution < -0.4 is 10.9 Å². The molecule has 0 aliphatic rings. The second-order valence-electron chi connectivity index (χ2n) is 5.28. The highest BCUT2D eigenvalue weighted by atomic mass is 16.2. The van der Waals surface area contributed by atoms with Gasteiger partial charge in [0, 0.05) is 17.3 Å². The predicted octanol–water partition coefficient (Wildman–Crippen LogP) is 2.79. The first-order valence-corrected chi connectivity index (χ1v) is 6.90. The number of aromatic amines is 1. The molecule has 0 saturated carbocycles. The molecule has 0 atom stereocenters. The Balaban J connectivity index is 1.98. The summed E-state index contributed by atoms with van der Waals surface area (Å²) in [6.07, 6.45) is 1.59. The van der Waals surface area contributed by atoms with E-state index in [1.165, 1.54) is 0 Å². The number of hydrogen-bond donors (Lipinski definition) is 2. The lowest BCUT2D eigenvalue weighted by molar-refractivity contribution is 0.102. The summed E-state index contributed by atoms with van der Waals surface area (Å²) in [4.78, 5) is 31.1. The summed E-state index contributed by atoms with van der Waals surface area (Å²) in [6, 6.07) is 10.9. The molecular formula is C17H15N3O2. The van der Waals surface area contributed by atoms with Crippen molar-refractivity contribution in [3.8, 4) is 0 Å². The third-order valence-corrected chi connectivity index (χ3v) is 3.34. The fourth-order valence-corrected chi connectivity index (χ4v) is 2.45. The largest absolute Gasteiger partial charge is 0.322 e. The number of fused-ring (bicyclic) bond motifs is 1. The van der Waals surface area contributed by atoms with E-state index in [0.717, 1.165) is 11.1 Å². The van der Waals surface area contributed by atoms with Crippen LogP contribution in [0.3, 0.4) is 0 Å². The molecule has 0 unspecified atom stereocenters. The number of carbonyl (C=O) groups is 1. The van der Waals surface area contributed by atoms with Crippen molar-refractivity contribution < 1.29 is 4.79 Å². The van der Waals surface area contributed by atoms with Crippen molar-refractivity contribution in [3.63, 3.8) is 0 Å². The van der Waals surface area contributed by atoms with Crippen LogP contribution in [0.4, 0.5) is 5.69 Å². The standard InChI is InChI=1S/C17H15N3O2/c1-10-6-11(2)8-13(7-10)19-16(21)14-9-12-4-3-5-18-15(12)20-17(14)22/h3-9H,1-2H3,(H,19,21)(H,18,20,22). The highest BCUT2D eigenvalue weighted by Gasteiger charge is 2.12. The highest BCUT2D eigenvalue weighted by Crippen LogP contribution is 2.15. The lowest BCUT2D eigenvalue weighted by atomic mass is 10.1. The van der Waals surface area contributed by atoms with Crippen molar-refractivity contribution in [2.24, 2.45) is 0 Å². The van der Waals surface area contributed by atoms with Crippen LogP contribution in [-0.2, 0) is 0 Å². The summed E-state index contributed by atoms with van der Waals surface area (Å²) in [5, 5.41) is 3.48. The molecule has 0 aliphatic heterocycles. The Bertz CT molecular complexity index is 908. The van der Waals surface area contributed by atoms with Crippen LogP contribution >= 0.6 is 0 Å². The number of aryl methyl sites for hydroxylation is 2. The Hall–Kier alpha value is -2.95. The van der Waals surface area contributed by atoms with Crippen LogP contribution in [0.5, 0.6) is 0 Å². The normalized spacial score (nSPS) is 10.6. The Morgan fingerprint density at radius 1 is 1.14 bits per heavy atom. The molecule has 5 heteroatoms. The van der Waals surface area contributed by atoms with E-state index in [1.54, 1.807) is 24.4 Å². The third-order valence-electron chi connectivity index (χ3n) is 3.34. The topological polar surface area (TPSA) is 74.8 Å². The van der Waals surface area contributed by atoms with Crippen molar-refractivity contribution in [2.75, 3.05) is 5.32 Å². The van der Waals surface area contributed by atoms with E-state index in [4.69, 9.17) is 0 Å². The first kappa shape index (κ1) is 14.0. The van der Waals surface area contributed by atoms with Gasteiger partial charge in [-0.1, -0.05) is 6.07 Å². The van der Waals surface area contributed by atoms with Crippen molar-refractivity contribution in [3.05, 3.63) is 69.6 Å². The zero-order chi connectivity index (χ0) is 15.7. The minimum atomic E-state index is -0.451. The number of aromatic nitrogens is 2. The number of amides is 1. The number of nitrogens with zero attached hydrogens (tertiary/aromatic N) is 1. The molecule has 3 rings (SSSR count). The Kier molecular flexibility index (Phi) is 3.47. The molecule has 5 nitrogen and oxygen atoms in total. The van der Waals surface area contributed by atoms with Gasteiger partial charge < -0.3 is 10.3 Å². The van der Waals surface area contributed by atoms with Crippen molar-refractivity contribution in [1.29, 1.82) is 0 Å². The Labute approximate surface area is 127 Å². The lowest BCUT2D eigenvalue weighted by Gasteiger charge is -2.07. The van der Waals surface area contributed by atoms with E-state index in [0.29, 0.717) is 16.7 Å². The number of hydrogen-bond acceptors (Lipinski definition) is 3. The van der Waals surface area contributed by atoms with Crippen molar-refractivity contribution >= 4 is 22.6 Å². The number of pyridine rings is 2. The van der Waals surface area contributed by atoms with Crippen LogP contribution in [0.25, 0.3) is 11.0 Å². The van der Waals surface area contributed by atoms with Gasteiger partial charge in [0.05, 0.1) is 0 Å². The fourth-order valence-electron chi connectivity index (χ4n) is 2.45. The van der Waals surface area contributed by atoms with Crippen molar-refractivity contribution in [2.45, 2.75) is 13.8 Å². The molecule has 0 spiro atoms. The van der Waals surface area contributed by atoms with Crippen LogP contribution in [0, 0.1) is 13.8 Å². The lowest BCUT2D eigenvalue weighted by Crippen LogP contribution is -2.23. The molecule has 1 aromatic carbocycles. The first-order chi connectivity index (χ1) is 10.5. The van der Waals surface area contributed by atoms with Gasteiger partial charge in [-0.15, -0.1) is 0 Å².